The molecule has 6 aromatic carbocycles. The normalized spacial score (nSPS) is 16.1. The Morgan fingerprint density at radius 2 is 0.413 bits per heavy atom. The molecule has 6 aromatic rings. The third-order valence-electron chi connectivity index (χ3n) is 8.86. The van der Waals surface area contributed by atoms with E-state index in [1.807, 2.05) is 0 Å². The Kier molecular flexibility index (Phi) is 7.30. The van der Waals surface area contributed by atoms with Crippen LogP contribution in [0.2, 0.25) is 0 Å². The molecule has 0 atom stereocenters. The van der Waals surface area contributed by atoms with Crippen molar-refractivity contribution < 1.29 is 0 Å². The quantitative estimate of drug-likeness (QED) is 0.183. The Morgan fingerprint density at radius 3 is 0.674 bits per heavy atom. The van der Waals surface area contributed by atoms with Gasteiger partial charge in [0.25, 0.3) is 0 Å². The molecule has 0 heteroatoms. The maximum absolute atomic E-state index is 2.44. The molecule has 0 saturated carbocycles. The summed E-state index contributed by atoms with van der Waals surface area (Å²) in [5.41, 5.74) is 17.3. The van der Waals surface area contributed by atoms with E-state index in [2.05, 4.69) is 194 Å². The van der Waals surface area contributed by atoms with E-state index in [0.29, 0.717) is 0 Å². The molecular formula is C46H32. The van der Waals surface area contributed by atoms with Gasteiger partial charge in [-0.15, -0.1) is 0 Å². The van der Waals surface area contributed by atoms with E-state index in [9.17, 15) is 0 Å². The summed E-state index contributed by atoms with van der Waals surface area (Å²) in [6.07, 6.45) is 4.87. The largest absolute Gasteiger partial charge is 0.0622 e. The summed E-state index contributed by atoms with van der Waals surface area (Å²) in [7, 11) is 0. The topological polar surface area (TPSA) is 0 Å². The van der Waals surface area contributed by atoms with Crippen molar-refractivity contribution in [2.45, 2.75) is 0 Å². The Balaban J connectivity index is 1.54. The summed E-state index contributed by atoms with van der Waals surface area (Å²) < 4.78 is 0. The lowest BCUT2D eigenvalue weighted by atomic mass is 9.86. The second kappa shape index (κ2) is 12.2. The lowest BCUT2D eigenvalue weighted by molar-refractivity contribution is 1.53. The molecule has 0 fully saturated rings. The molecular weight excluding hydrogens is 553 g/mol. The molecule has 0 radical (unpaired) electrons. The van der Waals surface area contributed by atoms with Gasteiger partial charge < -0.3 is 0 Å². The van der Waals surface area contributed by atoms with Crippen LogP contribution in [-0.2, 0) is 0 Å². The zero-order valence-corrected chi connectivity index (χ0v) is 25.5. The zero-order chi connectivity index (χ0) is 30.7. The summed E-state index contributed by atoms with van der Waals surface area (Å²) in [4.78, 5) is 0. The molecule has 0 unspecified atom stereocenters. The monoisotopic (exact) mass is 584 g/mol. The zero-order valence-electron chi connectivity index (χ0n) is 25.5. The molecule has 2 aliphatic rings. The van der Waals surface area contributed by atoms with Crippen LogP contribution in [0.3, 0.4) is 0 Å². The average Bonchev–Trinajstić information content (AvgIpc) is 3.74. The predicted molar refractivity (Wildman–Crippen MR) is 195 cm³/mol. The number of benzene rings is 6. The molecule has 0 aliphatic heterocycles. The Labute approximate surface area is 271 Å². The first kappa shape index (κ1) is 27.6. The predicted octanol–water partition coefficient (Wildman–Crippen LogP) is 11.7. The van der Waals surface area contributed by atoms with Crippen LogP contribution in [0.1, 0.15) is 33.4 Å². The molecule has 2 aliphatic carbocycles. The summed E-state index contributed by atoms with van der Waals surface area (Å²) in [6.45, 7) is 0. The van der Waals surface area contributed by atoms with E-state index in [4.69, 9.17) is 0 Å². The minimum atomic E-state index is 1.21. The van der Waals surface area contributed by atoms with Crippen molar-refractivity contribution in [2.75, 3.05) is 0 Å². The molecule has 46 heavy (non-hydrogen) atoms. The van der Waals surface area contributed by atoms with E-state index >= 15 is 0 Å². The molecule has 0 aromatic heterocycles. The van der Waals surface area contributed by atoms with Crippen LogP contribution in [0, 0.1) is 0 Å². The van der Waals surface area contributed by atoms with Gasteiger partial charge in [-0.05, 0) is 90.1 Å². The highest BCUT2D eigenvalue weighted by Gasteiger charge is 2.32. The first-order chi connectivity index (χ1) is 22.9. The lowest BCUT2D eigenvalue weighted by Crippen LogP contribution is -1.96. The van der Waals surface area contributed by atoms with Crippen LogP contribution in [0.15, 0.2) is 205 Å². The van der Waals surface area contributed by atoms with Crippen LogP contribution < -0.4 is 0 Å². The molecule has 0 amide bonds. The van der Waals surface area contributed by atoms with Crippen molar-refractivity contribution in [2.24, 2.45) is 0 Å². The minimum Gasteiger partial charge on any atom is -0.0622 e. The fourth-order valence-corrected chi connectivity index (χ4v) is 6.85. The number of rotatable bonds is 6. The van der Waals surface area contributed by atoms with E-state index in [1.54, 1.807) is 0 Å². The van der Waals surface area contributed by atoms with Crippen molar-refractivity contribution in [3.05, 3.63) is 239 Å². The maximum Gasteiger partial charge on any atom is -0.00201 e. The highest BCUT2D eigenvalue weighted by atomic mass is 14.4. The van der Waals surface area contributed by atoms with Gasteiger partial charge in [0.2, 0.25) is 0 Å². The standard InChI is InChI=1S/C46H32/c1-7-19-33(20-8-1)39-31-41(45(37-27-15-5-16-28-37)43(39)35-23-11-3-12-24-35)42-32-40(34-21-9-2-10-22-34)44(36-25-13-4-14-26-36)46(42)38-29-17-6-18-30-38/h1-32H. The van der Waals surface area contributed by atoms with Crippen molar-refractivity contribution >= 4 is 33.4 Å². The summed E-state index contributed by atoms with van der Waals surface area (Å²) in [6, 6.07) is 65.2. The van der Waals surface area contributed by atoms with Gasteiger partial charge >= 0.3 is 0 Å². The molecule has 8 rings (SSSR count). The van der Waals surface area contributed by atoms with Gasteiger partial charge in [-0.2, -0.15) is 0 Å². The minimum absolute atomic E-state index is 1.21. The number of allylic oxidation sites excluding steroid dienone is 10. The van der Waals surface area contributed by atoms with Gasteiger partial charge in [0.15, 0.2) is 0 Å². The highest BCUT2D eigenvalue weighted by molar-refractivity contribution is 6.28. The fraction of sp³-hybridized carbons (Fsp3) is 0. The fourth-order valence-electron chi connectivity index (χ4n) is 6.85. The molecule has 216 valence electrons. The van der Waals surface area contributed by atoms with Gasteiger partial charge in [0, 0.05) is 0 Å². The van der Waals surface area contributed by atoms with E-state index in [-0.39, 0.29) is 0 Å². The molecule has 0 saturated heterocycles. The van der Waals surface area contributed by atoms with Crippen molar-refractivity contribution in [1.82, 2.24) is 0 Å². The second-order valence-corrected chi connectivity index (χ2v) is 11.6. The summed E-state index contributed by atoms with van der Waals surface area (Å²) >= 11 is 0. The Hall–Kier alpha value is -5.98. The molecule has 0 spiro atoms. The molecule has 0 nitrogen and oxygen atoms in total. The van der Waals surface area contributed by atoms with Gasteiger partial charge in [-0.3, -0.25) is 0 Å². The third kappa shape index (κ3) is 5.01. The molecule has 0 heterocycles. The first-order valence-corrected chi connectivity index (χ1v) is 15.9. The lowest BCUT2D eigenvalue weighted by Gasteiger charge is -2.17. The van der Waals surface area contributed by atoms with E-state index in [1.165, 1.54) is 78.0 Å². The maximum atomic E-state index is 2.44. The van der Waals surface area contributed by atoms with Gasteiger partial charge in [0.1, 0.15) is 0 Å². The van der Waals surface area contributed by atoms with Crippen LogP contribution in [0.5, 0.6) is 0 Å². The van der Waals surface area contributed by atoms with Crippen LogP contribution in [0.25, 0.3) is 33.4 Å². The van der Waals surface area contributed by atoms with E-state index in [0.717, 1.165) is 0 Å². The van der Waals surface area contributed by atoms with Crippen molar-refractivity contribution in [1.29, 1.82) is 0 Å². The molecule has 0 N–H and O–H groups in total. The number of hydrogen-bond donors (Lipinski definition) is 0. The Morgan fingerprint density at radius 1 is 0.196 bits per heavy atom. The smallest absolute Gasteiger partial charge is 0.00201 e. The van der Waals surface area contributed by atoms with Gasteiger partial charge in [0.05, 0.1) is 0 Å². The van der Waals surface area contributed by atoms with E-state index < -0.39 is 0 Å². The summed E-state index contributed by atoms with van der Waals surface area (Å²) in [5, 5.41) is 0. The van der Waals surface area contributed by atoms with Crippen LogP contribution in [0.4, 0.5) is 0 Å². The number of hydrogen-bond acceptors (Lipinski definition) is 0. The van der Waals surface area contributed by atoms with Crippen molar-refractivity contribution in [3.63, 3.8) is 0 Å². The van der Waals surface area contributed by atoms with Crippen LogP contribution >= 0.6 is 0 Å². The summed E-state index contributed by atoms with van der Waals surface area (Å²) in [5.74, 6) is 0. The van der Waals surface area contributed by atoms with Crippen LogP contribution in [-0.4, -0.2) is 0 Å². The third-order valence-corrected chi connectivity index (χ3v) is 8.86. The van der Waals surface area contributed by atoms with Gasteiger partial charge in [-0.1, -0.05) is 182 Å². The first-order valence-electron chi connectivity index (χ1n) is 15.9. The molecule has 0 bridgehead atoms. The highest BCUT2D eigenvalue weighted by Crippen LogP contribution is 2.54. The second-order valence-electron chi connectivity index (χ2n) is 11.6. The Bertz CT molecular complexity index is 2000. The SMILES string of the molecule is C1=C(c2ccccc2)C(c2ccccc2)=C(c2ccccc2)C1=C1C=C(c2ccccc2)C(c2ccccc2)=C1c1ccccc1. The van der Waals surface area contributed by atoms with Crippen molar-refractivity contribution in [3.8, 4) is 0 Å². The van der Waals surface area contributed by atoms with Gasteiger partial charge in [-0.25, -0.2) is 0 Å². The average molecular weight is 585 g/mol.